The van der Waals surface area contributed by atoms with Gasteiger partial charge >= 0.3 is 8.25 Å². The van der Waals surface area contributed by atoms with Crippen molar-refractivity contribution in [2.75, 3.05) is 11.9 Å². The molecule has 1 aliphatic rings. The summed E-state index contributed by atoms with van der Waals surface area (Å²) >= 11 is 0. The third kappa shape index (κ3) is 3.86. The average molecular weight is 307 g/mol. The van der Waals surface area contributed by atoms with E-state index in [1.54, 1.807) is 0 Å². The van der Waals surface area contributed by atoms with E-state index in [1.165, 1.54) is 12.7 Å². The number of anilines is 1. The van der Waals surface area contributed by atoms with E-state index in [2.05, 4.69) is 24.8 Å². The number of rotatable bonds is 5. The van der Waals surface area contributed by atoms with Crippen LogP contribution in [-0.2, 0) is 9.09 Å². The Hall–Kier alpha value is -1.28. The monoisotopic (exact) mass is 307 g/mol. The minimum atomic E-state index is -2.92. The molecular formula is C10H17FN4O4P+. The molecule has 5 atom stereocenters. The van der Waals surface area contributed by atoms with E-state index in [4.69, 9.17) is 10.00 Å². The van der Waals surface area contributed by atoms with Crippen LogP contribution in [0.2, 0.25) is 0 Å². The molecule has 0 aliphatic heterocycles. The second-order valence-corrected chi connectivity index (χ2v) is 4.83. The Labute approximate surface area is 116 Å². The molecule has 10 heteroatoms. The van der Waals surface area contributed by atoms with E-state index in [0.29, 0.717) is 0 Å². The van der Waals surface area contributed by atoms with Gasteiger partial charge in [0.15, 0.2) is 12.3 Å². The summed E-state index contributed by atoms with van der Waals surface area (Å²) in [7, 11) is -2.92. The van der Waals surface area contributed by atoms with E-state index >= 15 is 0 Å². The number of hydrogen-bond acceptors (Lipinski definition) is 7. The molecule has 0 saturated heterocycles. The summed E-state index contributed by atoms with van der Waals surface area (Å²) in [6, 6.07) is -0.695. The topological polar surface area (TPSA) is 117 Å². The molecule has 1 aliphatic carbocycles. The van der Waals surface area contributed by atoms with Crippen LogP contribution in [0.25, 0.3) is 0 Å². The Morgan fingerprint density at radius 3 is 2.70 bits per heavy atom. The highest BCUT2D eigenvalue weighted by Gasteiger charge is 2.49. The minimum Gasteiger partial charge on any atom is -0.396 e. The smallest absolute Gasteiger partial charge is 0.396 e. The van der Waals surface area contributed by atoms with Gasteiger partial charge in [0.25, 0.3) is 0 Å². The van der Waals surface area contributed by atoms with Crippen LogP contribution in [0.4, 0.5) is 10.3 Å². The quantitative estimate of drug-likeness (QED) is 0.680. The lowest BCUT2D eigenvalue weighted by Crippen LogP contribution is -2.33. The number of aromatic nitrogens is 3. The van der Waals surface area contributed by atoms with Crippen LogP contribution in [0.3, 0.4) is 0 Å². The Morgan fingerprint density at radius 1 is 1.50 bits per heavy atom. The Kier molecular flexibility index (Phi) is 6.28. The zero-order chi connectivity index (χ0) is 13.8. The molecule has 1 aromatic rings. The molecule has 0 radical (unpaired) electrons. The maximum atomic E-state index is 14.1. The van der Waals surface area contributed by atoms with E-state index < -0.39 is 32.5 Å². The third-order valence-corrected chi connectivity index (χ3v) is 3.40. The normalized spacial score (nSPS) is 29.6. The maximum Gasteiger partial charge on any atom is 0.695 e. The number of hydrogen-bond donors (Lipinski definition) is 3. The van der Waals surface area contributed by atoms with Gasteiger partial charge in [0.2, 0.25) is 5.95 Å². The number of nitrogens with zero attached hydrogens (tertiary/aromatic N) is 3. The minimum absolute atomic E-state index is 0. The molecule has 1 saturated carbocycles. The fraction of sp³-hybridized carbons (Fsp3) is 0.700. The summed E-state index contributed by atoms with van der Waals surface area (Å²) in [5, 5.41) is 11.9. The highest BCUT2D eigenvalue weighted by Crippen LogP contribution is 2.37. The van der Waals surface area contributed by atoms with Crippen LogP contribution < -0.4 is 5.32 Å². The second-order valence-electron chi connectivity index (χ2n) is 4.14. The highest BCUT2D eigenvalue weighted by molar-refractivity contribution is 7.32. The largest absolute Gasteiger partial charge is 0.695 e. The number of aliphatic hydroxyl groups excluding tert-OH is 1. The third-order valence-electron chi connectivity index (χ3n) is 2.97. The molecule has 0 aromatic carbocycles. The lowest BCUT2D eigenvalue weighted by molar-refractivity contribution is 0.0611. The van der Waals surface area contributed by atoms with Crippen LogP contribution >= 0.6 is 8.25 Å². The molecule has 1 unspecified atom stereocenters. The summed E-state index contributed by atoms with van der Waals surface area (Å²) in [4.78, 5) is 19.9. The number of nitrogens with one attached hydrogen (secondary N) is 1. The standard InChI is InChI=1S/C9H12FN4O4P.CH4/c10-7-6(14-9-12-3-11-4-13-9)1-5(2-15)8(7)18-19(16)17;/h3-8,15H,1-2H2,(H-,11,12,13,14,16,17);1H4/p+1/t5-,6-,7+,8-;/m1./s1. The van der Waals surface area contributed by atoms with Gasteiger partial charge in [-0.15, -0.1) is 9.42 Å². The van der Waals surface area contributed by atoms with Gasteiger partial charge in [-0.3, -0.25) is 0 Å². The molecule has 20 heavy (non-hydrogen) atoms. The molecule has 8 nitrogen and oxygen atoms in total. The van der Waals surface area contributed by atoms with Gasteiger partial charge in [-0.1, -0.05) is 7.43 Å². The van der Waals surface area contributed by atoms with Crippen molar-refractivity contribution in [3.05, 3.63) is 12.7 Å². The zero-order valence-electron chi connectivity index (χ0n) is 9.76. The van der Waals surface area contributed by atoms with Gasteiger partial charge in [-0.05, 0) is 6.42 Å². The molecule has 0 bridgehead atoms. The fourth-order valence-electron chi connectivity index (χ4n) is 2.12. The number of alkyl halides is 1. The molecular weight excluding hydrogens is 290 g/mol. The molecule has 2 rings (SSSR count). The van der Waals surface area contributed by atoms with Crippen molar-refractivity contribution in [2.45, 2.75) is 32.2 Å². The van der Waals surface area contributed by atoms with Crippen molar-refractivity contribution in [1.29, 1.82) is 0 Å². The number of aliphatic hydroxyl groups is 1. The summed E-state index contributed by atoms with van der Waals surface area (Å²) in [5.74, 6) is -0.353. The van der Waals surface area contributed by atoms with Crippen molar-refractivity contribution in [3.63, 3.8) is 0 Å². The maximum absolute atomic E-state index is 14.1. The average Bonchev–Trinajstić information content (AvgIpc) is 2.68. The molecule has 3 N–H and O–H groups in total. The van der Waals surface area contributed by atoms with Crippen molar-refractivity contribution in [2.24, 2.45) is 5.92 Å². The van der Waals surface area contributed by atoms with Crippen LogP contribution in [0.5, 0.6) is 0 Å². The van der Waals surface area contributed by atoms with Crippen LogP contribution in [-0.4, -0.2) is 49.9 Å². The first kappa shape index (κ1) is 16.8. The molecule has 0 amide bonds. The molecule has 0 spiro atoms. The van der Waals surface area contributed by atoms with Gasteiger partial charge < -0.3 is 10.4 Å². The highest BCUT2D eigenvalue weighted by atomic mass is 31.1. The lowest BCUT2D eigenvalue weighted by atomic mass is 10.1. The summed E-state index contributed by atoms with van der Waals surface area (Å²) < 4.78 is 29.4. The Morgan fingerprint density at radius 2 is 2.15 bits per heavy atom. The van der Waals surface area contributed by atoms with Crippen LogP contribution in [0, 0.1) is 5.92 Å². The summed E-state index contributed by atoms with van der Waals surface area (Å²) in [5.41, 5.74) is 0. The van der Waals surface area contributed by atoms with E-state index in [-0.39, 0.29) is 26.4 Å². The van der Waals surface area contributed by atoms with Gasteiger partial charge in [-0.25, -0.2) is 19.3 Å². The predicted octanol–water partition coefficient (Wildman–Crippen LogP) is 0.673. The first-order valence-corrected chi connectivity index (χ1v) is 6.71. The van der Waals surface area contributed by atoms with Crippen LogP contribution in [0.1, 0.15) is 13.8 Å². The lowest BCUT2D eigenvalue weighted by Gasteiger charge is -2.15. The zero-order valence-corrected chi connectivity index (χ0v) is 10.7. The van der Waals surface area contributed by atoms with Gasteiger partial charge in [0, 0.05) is 17.1 Å². The van der Waals surface area contributed by atoms with Crippen molar-refractivity contribution < 1.29 is 23.5 Å². The fourth-order valence-corrected chi connectivity index (χ4v) is 2.62. The molecule has 112 valence electrons. The predicted molar refractivity (Wildman–Crippen MR) is 68.8 cm³/mol. The summed E-state index contributed by atoms with van der Waals surface area (Å²) in [6.45, 7) is -0.330. The van der Waals surface area contributed by atoms with Gasteiger partial charge in [0.05, 0.1) is 6.04 Å². The van der Waals surface area contributed by atoms with E-state index in [9.17, 15) is 8.96 Å². The van der Waals surface area contributed by atoms with Crippen molar-refractivity contribution >= 4 is 14.2 Å². The second kappa shape index (κ2) is 7.49. The van der Waals surface area contributed by atoms with Crippen molar-refractivity contribution in [1.82, 2.24) is 15.0 Å². The molecule has 1 heterocycles. The number of halogens is 1. The Balaban J connectivity index is 0.00000200. The Bertz CT molecular complexity index is 441. The SMILES string of the molecule is C.O=[P+](O)O[C@@H]1[C@@H](CO)C[C@@H](Nc2ncncn2)[C@@H]1F. The van der Waals surface area contributed by atoms with E-state index in [1.807, 2.05) is 0 Å². The summed E-state index contributed by atoms with van der Waals surface area (Å²) in [6.07, 6.45) is 0.106. The van der Waals surface area contributed by atoms with Crippen molar-refractivity contribution in [3.8, 4) is 0 Å². The first-order chi connectivity index (χ1) is 9.11. The van der Waals surface area contributed by atoms with Gasteiger partial charge in [-0.2, -0.15) is 0 Å². The first-order valence-electron chi connectivity index (χ1n) is 5.58. The molecule has 1 fully saturated rings. The van der Waals surface area contributed by atoms with Crippen LogP contribution in [0.15, 0.2) is 12.7 Å². The van der Waals surface area contributed by atoms with Gasteiger partial charge in [0.1, 0.15) is 12.7 Å². The van der Waals surface area contributed by atoms with E-state index in [0.717, 1.165) is 0 Å². The molecule has 1 aromatic heterocycles.